The minimum atomic E-state index is -0.407. The van der Waals surface area contributed by atoms with Gasteiger partial charge >= 0.3 is 0 Å². The van der Waals surface area contributed by atoms with Gasteiger partial charge in [0.1, 0.15) is 18.1 Å². The van der Waals surface area contributed by atoms with Gasteiger partial charge in [0.25, 0.3) is 11.1 Å². The summed E-state index contributed by atoms with van der Waals surface area (Å²) in [5.74, 6) is 0.737. The Morgan fingerprint density at radius 3 is 2.71 bits per heavy atom. The van der Waals surface area contributed by atoms with Crippen LogP contribution in [0, 0.1) is 0 Å². The maximum absolute atomic E-state index is 11.6. The van der Waals surface area contributed by atoms with Crippen LogP contribution in [0.5, 0.6) is 11.5 Å². The monoisotopic (exact) mass is 369 g/mol. The first-order chi connectivity index (χ1) is 10.0. The summed E-state index contributed by atoms with van der Waals surface area (Å²) >= 11 is 4.26. The van der Waals surface area contributed by atoms with Crippen LogP contribution in [-0.2, 0) is 4.79 Å². The van der Waals surface area contributed by atoms with Crippen molar-refractivity contribution in [1.82, 2.24) is 5.32 Å². The van der Waals surface area contributed by atoms with E-state index in [0.29, 0.717) is 33.0 Å². The zero-order valence-electron chi connectivity index (χ0n) is 11.1. The Morgan fingerprint density at radius 1 is 1.38 bits per heavy atom. The van der Waals surface area contributed by atoms with E-state index in [0.717, 1.165) is 11.8 Å². The number of thioether (sulfide) groups is 1. The molecule has 0 unspecified atom stereocenters. The molecular formula is C14H12BrNO4S. The highest BCUT2D eigenvalue weighted by atomic mass is 79.9. The number of hydrogen-bond donors (Lipinski definition) is 1. The van der Waals surface area contributed by atoms with Crippen LogP contribution in [-0.4, -0.2) is 24.9 Å². The van der Waals surface area contributed by atoms with Crippen LogP contribution in [0.25, 0.3) is 6.08 Å². The molecule has 1 aromatic carbocycles. The highest BCUT2D eigenvalue weighted by Gasteiger charge is 2.25. The molecule has 0 aromatic heterocycles. The molecular weight excluding hydrogens is 358 g/mol. The molecule has 5 nitrogen and oxygen atoms in total. The highest BCUT2D eigenvalue weighted by Crippen LogP contribution is 2.36. The van der Waals surface area contributed by atoms with Crippen LogP contribution in [0.4, 0.5) is 4.79 Å². The van der Waals surface area contributed by atoms with Gasteiger partial charge in [0.15, 0.2) is 0 Å². The zero-order chi connectivity index (χ0) is 15.4. The van der Waals surface area contributed by atoms with Gasteiger partial charge in [-0.1, -0.05) is 12.7 Å². The summed E-state index contributed by atoms with van der Waals surface area (Å²) in [6.45, 7) is 3.96. The molecule has 1 aliphatic heterocycles. The lowest BCUT2D eigenvalue weighted by atomic mass is 10.1. The Kier molecular flexibility index (Phi) is 5.08. The molecule has 2 amide bonds. The van der Waals surface area contributed by atoms with Crippen LogP contribution in [0.3, 0.4) is 0 Å². The number of benzene rings is 1. The first-order valence-corrected chi connectivity index (χ1v) is 7.52. The molecule has 0 saturated carbocycles. The molecule has 1 aliphatic rings. The Morgan fingerprint density at radius 2 is 2.14 bits per heavy atom. The van der Waals surface area contributed by atoms with Crippen LogP contribution in [0.15, 0.2) is 34.2 Å². The van der Waals surface area contributed by atoms with Crippen molar-refractivity contribution in [3.8, 4) is 11.5 Å². The lowest BCUT2D eigenvalue weighted by Crippen LogP contribution is -2.17. The van der Waals surface area contributed by atoms with E-state index in [9.17, 15) is 9.59 Å². The van der Waals surface area contributed by atoms with Crippen LogP contribution in [0.1, 0.15) is 5.56 Å². The molecule has 1 fully saturated rings. The summed E-state index contributed by atoms with van der Waals surface area (Å²) in [5.41, 5.74) is 0.669. The molecule has 0 aliphatic carbocycles. The molecule has 110 valence electrons. The van der Waals surface area contributed by atoms with Gasteiger partial charge in [-0.25, -0.2) is 0 Å². The molecule has 1 N–H and O–H groups in total. The average Bonchev–Trinajstić information content (AvgIpc) is 2.76. The van der Waals surface area contributed by atoms with Gasteiger partial charge in [0.05, 0.1) is 16.5 Å². The fraction of sp³-hybridized carbons (Fsp3) is 0.143. The van der Waals surface area contributed by atoms with E-state index in [1.807, 2.05) is 0 Å². The summed E-state index contributed by atoms with van der Waals surface area (Å²) in [6.07, 6.45) is 3.24. The molecule has 2 rings (SSSR count). The minimum absolute atomic E-state index is 0.324. The SMILES string of the molecule is C=CCOc1cc(OC)c(/C=C2\SC(=O)NC2=O)cc1Br. The van der Waals surface area contributed by atoms with Crippen LogP contribution in [0.2, 0.25) is 0 Å². The van der Waals surface area contributed by atoms with E-state index < -0.39 is 5.91 Å². The second kappa shape index (κ2) is 6.82. The van der Waals surface area contributed by atoms with Gasteiger partial charge < -0.3 is 9.47 Å². The van der Waals surface area contributed by atoms with Crippen molar-refractivity contribution in [3.63, 3.8) is 0 Å². The summed E-state index contributed by atoms with van der Waals surface area (Å²) in [4.78, 5) is 23.1. The molecule has 1 aromatic rings. The lowest BCUT2D eigenvalue weighted by molar-refractivity contribution is -0.115. The van der Waals surface area contributed by atoms with Crippen molar-refractivity contribution in [3.05, 3.63) is 39.7 Å². The highest BCUT2D eigenvalue weighted by molar-refractivity contribution is 9.10. The van der Waals surface area contributed by atoms with E-state index in [2.05, 4.69) is 27.8 Å². The first-order valence-electron chi connectivity index (χ1n) is 5.91. The van der Waals surface area contributed by atoms with Crippen molar-refractivity contribution in [2.75, 3.05) is 13.7 Å². The minimum Gasteiger partial charge on any atom is -0.496 e. The van der Waals surface area contributed by atoms with Crippen LogP contribution >= 0.6 is 27.7 Å². The molecule has 0 atom stereocenters. The van der Waals surface area contributed by atoms with Crippen molar-refractivity contribution in [2.24, 2.45) is 0 Å². The fourth-order valence-corrected chi connectivity index (χ4v) is 2.81. The van der Waals surface area contributed by atoms with E-state index in [4.69, 9.17) is 9.47 Å². The third kappa shape index (κ3) is 3.68. The summed E-state index contributed by atoms with van der Waals surface area (Å²) in [6, 6.07) is 3.47. The third-order valence-corrected chi connectivity index (χ3v) is 4.00. The average molecular weight is 370 g/mol. The number of ether oxygens (including phenoxy) is 2. The molecule has 7 heteroatoms. The fourth-order valence-electron chi connectivity index (χ4n) is 1.66. The third-order valence-electron chi connectivity index (χ3n) is 2.57. The van der Waals surface area contributed by atoms with Gasteiger partial charge in [-0.15, -0.1) is 0 Å². The number of rotatable bonds is 5. The molecule has 0 spiro atoms. The Labute approximate surface area is 134 Å². The predicted octanol–water partition coefficient (Wildman–Crippen LogP) is 3.35. The number of halogens is 1. The molecule has 21 heavy (non-hydrogen) atoms. The number of amides is 2. The summed E-state index contributed by atoms with van der Waals surface area (Å²) < 4.78 is 11.5. The van der Waals surface area contributed by atoms with Crippen molar-refractivity contribution in [1.29, 1.82) is 0 Å². The maximum Gasteiger partial charge on any atom is 0.290 e. The maximum atomic E-state index is 11.6. The van der Waals surface area contributed by atoms with Crippen molar-refractivity contribution < 1.29 is 19.1 Å². The Balaban J connectivity index is 2.37. The van der Waals surface area contributed by atoms with Crippen molar-refractivity contribution in [2.45, 2.75) is 0 Å². The molecule has 1 saturated heterocycles. The standard InChI is InChI=1S/C14H12BrNO4S/c1-3-4-20-11-7-10(19-2)8(5-9(11)15)6-12-13(17)16-14(18)21-12/h3,5-7H,1,4H2,2H3,(H,16,17,18)/b12-6-. The zero-order valence-corrected chi connectivity index (χ0v) is 13.5. The van der Waals surface area contributed by atoms with Gasteiger partial charge in [-0.2, -0.15) is 0 Å². The van der Waals surface area contributed by atoms with E-state index in [-0.39, 0.29) is 5.24 Å². The molecule has 0 radical (unpaired) electrons. The normalized spacial score (nSPS) is 16.0. The van der Waals surface area contributed by atoms with Gasteiger partial charge in [0.2, 0.25) is 0 Å². The Hall–Kier alpha value is -1.73. The number of imide groups is 1. The Bertz CT molecular complexity index is 642. The summed E-state index contributed by atoms with van der Waals surface area (Å²) in [5, 5.41) is 1.83. The number of carbonyl (C=O) groups excluding carboxylic acids is 2. The number of methoxy groups -OCH3 is 1. The van der Waals surface area contributed by atoms with Gasteiger partial charge in [-0.05, 0) is 39.8 Å². The molecule has 1 heterocycles. The number of hydrogen-bond acceptors (Lipinski definition) is 5. The topological polar surface area (TPSA) is 64.6 Å². The van der Waals surface area contributed by atoms with Crippen molar-refractivity contribution >= 4 is 44.9 Å². The quantitative estimate of drug-likeness (QED) is 0.636. The van der Waals surface area contributed by atoms with Gasteiger partial charge in [0, 0.05) is 11.6 Å². The smallest absolute Gasteiger partial charge is 0.290 e. The second-order valence-electron chi connectivity index (χ2n) is 3.98. The number of nitrogens with one attached hydrogen (secondary N) is 1. The lowest BCUT2D eigenvalue weighted by Gasteiger charge is -2.11. The summed E-state index contributed by atoms with van der Waals surface area (Å²) in [7, 11) is 1.52. The predicted molar refractivity (Wildman–Crippen MR) is 85.5 cm³/mol. The molecule has 0 bridgehead atoms. The number of carbonyl (C=O) groups is 2. The van der Waals surface area contributed by atoms with E-state index in [1.165, 1.54) is 7.11 Å². The van der Waals surface area contributed by atoms with Gasteiger partial charge in [-0.3, -0.25) is 14.9 Å². The second-order valence-corrected chi connectivity index (χ2v) is 5.85. The van der Waals surface area contributed by atoms with Crippen LogP contribution < -0.4 is 14.8 Å². The van der Waals surface area contributed by atoms with E-state index in [1.54, 1.807) is 24.3 Å². The van der Waals surface area contributed by atoms with E-state index >= 15 is 0 Å². The largest absolute Gasteiger partial charge is 0.496 e. The first kappa shape index (κ1) is 15.7.